The molecular weight excluding hydrogens is 348 g/mol. The van der Waals surface area contributed by atoms with E-state index in [-0.39, 0.29) is 4.90 Å². The molecular formula is C17H19ClN2O3S. The number of amides is 1. The van der Waals surface area contributed by atoms with E-state index < -0.39 is 22.0 Å². The Hall–Kier alpha value is -1.89. The minimum atomic E-state index is -3.80. The van der Waals surface area contributed by atoms with Crippen LogP contribution in [0, 0.1) is 13.8 Å². The topological polar surface area (TPSA) is 75.3 Å². The van der Waals surface area contributed by atoms with Crippen LogP contribution in [0.15, 0.2) is 47.4 Å². The summed E-state index contributed by atoms with van der Waals surface area (Å²) < 4.78 is 27.0. The number of para-hydroxylation sites is 1. The maximum absolute atomic E-state index is 12.3. The predicted octanol–water partition coefficient (Wildman–Crippen LogP) is 3.26. The van der Waals surface area contributed by atoms with Gasteiger partial charge < -0.3 is 5.32 Å². The Balaban J connectivity index is 2.12. The monoisotopic (exact) mass is 366 g/mol. The third-order valence-corrected chi connectivity index (χ3v) is 5.39. The van der Waals surface area contributed by atoms with Crippen molar-refractivity contribution in [3.05, 3.63) is 58.6 Å². The van der Waals surface area contributed by atoms with E-state index in [0.29, 0.717) is 10.7 Å². The number of sulfonamides is 1. The smallest absolute Gasteiger partial charge is 0.242 e. The summed E-state index contributed by atoms with van der Waals surface area (Å²) >= 11 is 5.76. The molecule has 1 atom stereocenters. The van der Waals surface area contributed by atoms with Gasteiger partial charge in [0.2, 0.25) is 15.9 Å². The summed E-state index contributed by atoms with van der Waals surface area (Å²) in [6, 6.07) is 10.5. The van der Waals surface area contributed by atoms with Crippen LogP contribution in [0.25, 0.3) is 0 Å². The van der Waals surface area contributed by atoms with Gasteiger partial charge in [-0.2, -0.15) is 4.72 Å². The van der Waals surface area contributed by atoms with Crippen LogP contribution in [0.2, 0.25) is 5.02 Å². The van der Waals surface area contributed by atoms with Gasteiger partial charge in [-0.25, -0.2) is 8.42 Å². The van der Waals surface area contributed by atoms with Crippen molar-refractivity contribution in [2.24, 2.45) is 0 Å². The van der Waals surface area contributed by atoms with Gasteiger partial charge in [0.15, 0.2) is 0 Å². The SMILES string of the molecule is Cc1cccc(C)c1NC(=O)[C@@H](C)NS(=O)(=O)c1ccc(Cl)cc1. The van der Waals surface area contributed by atoms with Gasteiger partial charge in [0, 0.05) is 10.7 Å². The first-order valence-corrected chi connectivity index (χ1v) is 9.22. The summed E-state index contributed by atoms with van der Waals surface area (Å²) in [6.45, 7) is 5.26. The maximum atomic E-state index is 12.3. The summed E-state index contributed by atoms with van der Waals surface area (Å²) in [7, 11) is -3.80. The van der Waals surface area contributed by atoms with Gasteiger partial charge >= 0.3 is 0 Å². The third-order valence-electron chi connectivity index (χ3n) is 3.58. The molecule has 0 aliphatic heterocycles. The lowest BCUT2D eigenvalue weighted by atomic mass is 10.1. The zero-order valence-electron chi connectivity index (χ0n) is 13.6. The molecule has 2 aromatic rings. The highest BCUT2D eigenvalue weighted by molar-refractivity contribution is 7.89. The van der Waals surface area contributed by atoms with Crippen LogP contribution >= 0.6 is 11.6 Å². The first kappa shape index (κ1) is 18.4. The van der Waals surface area contributed by atoms with E-state index in [2.05, 4.69) is 10.0 Å². The van der Waals surface area contributed by atoms with Crippen molar-refractivity contribution < 1.29 is 13.2 Å². The minimum Gasteiger partial charge on any atom is -0.324 e. The maximum Gasteiger partial charge on any atom is 0.242 e. The highest BCUT2D eigenvalue weighted by atomic mass is 35.5. The van der Waals surface area contributed by atoms with E-state index in [9.17, 15) is 13.2 Å². The Morgan fingerprint density at radius 3 is 2.12 bits per heavy atom. The molecule has 0 heterocycles. The Labute approximate surface area is 147 Å². The Morgan fingerprint density at radius 1 is 1.04 bits per heavy atom. The van der Waals surface area contributed by atoms with E-state index >= 15 is 0 Å². The first-order valence-electron chi connectivity index (χ1n) is 7.35. The molecule has 0 saturated carbocycles. The fraction of sp³-hybridized carbons (Fsp3) is 0.235. The van der Waals surface area contributed by atoms with Crippen molar-refractivity contribution in [2.75, 3.05) is 5.32 Å². The molecule has 0 aliphatic rings. The predicted molar refractivity (Wildman–Crippen MR) is 95.8 cm³/mol. The Morgan fingerprint density at radius 2 is 1.58 bits per heavy atom. The molecule has 1 amide bonds. The van der Waals surface area contributed by atoms with Crippen molar-refractivity contribution in [3.8, 4) is 0 Å². The van der Waals surface area contributed by atoms with Gasteiger partial charge in [-0.3, -0.25) is 4.79 Å². The highest BCUT2D eigenvalue weighted by Crippen LogP contribution is 2.20. The molecule has 0 unspecified atom stereocenters. The van der Waals surface area contributed by atoms with Crippen LogP contribution < -0.4 is 10.0 Å². The summed E-state index contributed by atoms with van der Waals surface area (Å²) in [4.78, 5) is 12.4. The standard InChI is InChI=1S/C17H19ClN2O3S/c1-11-5-4-6-12(2)16(11)19-17(21)13(3)20-24(22,23)15-9-7-14(18)8-10-15/h4-10,13,20H,1-3H3,(H,19,21)/t13-/m1/s1. The number of benzene rings is 2. The molecule has 0 saturated heterocycles. The fourth-order valence-corrected chi connectivity index (χ4v) is 3.54. The lowest BCUT2D eigenvalue weighted by molar-refractivity contribution is -0.117. The molecule has 128 valence electrons. The zero-order valence-corrected chi connectivity index (χ0v) is 15.2. The molecule has 7 heteroatoms. The van der Waals surface area contributed by atoms with Crippen LogP contribution in [-0.4, -0.2) is 20.4 Å². The number of hydrogen-bond donors (Lipinski definition) is 2. The summed E-state index contributed by atoms with van der Waals surface area (Å²) in [5.74, 6) is -0.426. The molecule has 0 fully saturated rings. The van der Waals surface area contributed by atoms with Crippen LogP contribution in [0.4, 0.5) is 5.69 Å². The quantitative estimate of drug-likeness (QED) is 0.852. The van der Waals surface area contributed by atoms with Gasteiger partial charge in [-0.05, 0) is 56.2 Å². The second-order valence-corrected chi connectivity index (χ2v) is 7.70. The van der Waals surface area contributed by atoms with Crippen molar-refractivity contribution in [2.45, 2.75) is 31.7 Å². The van der Waals surface area contributed by atoms with Gasteiger partial charge in [-0.15, -0.1) is 0 Å². The zero-order chi connectivity index (χ0) is 17.9. The molecule has 2 aromatic carbocycles. The lowest BCUT2D eigenvalue weighted by Gasteiger charge is -2.17. The number of rotatable bonds is 5. The number of carbonyl (C=O) groups excluding carboxylic acids is 1. The number of halogens is 1. The summed E-state index contributed by atoms with van der Waals surface area (Å²) in [6.07, 6.45) is 0. The summed E-state index contributed by atoms with van der Waals surface area (Å²) in [5, 5.41) is 3.21. The second-order valence-electron chi connectivity index (χ2n) is 5.55. The number of nitrogens with one attached hydrogen (secondary N) is 2. The van der Waals surface area contributed by atoms with Gasteiger partial charge in [-0.1, -0.05) is 29.8 Å². The van der Waals surface area contributed by atoms with Gasteiger partial charge in [0.1, 0.15) is 0 Å². The van der Waals surface area contributed by atoms with Crippen molar-refractivity contribution in [1.29, 1.82) is 0 Å². The largest absolute Gasteiger partial charge is 0.324 e. The van der Waals surface area contributed by atoms with E-state index in [4.69, 9.17) is 11.6 Å². The van der Waals surface area contributed by atoms with Crippen molar-refractivity contribution >= 4 is 33.2 Å². The summed E-state index contributed by atoms with van der Waals surface area (Å²) in [5.41, 5.74) is 2.52. The molecule has 5 nitrogen and oxygen atoms in total. The lowest BCUT2D eigenvalue weighted by Crippen LogP contribution is -2.41. The average molecular weight is 367 g/mol. The van der Waals surface area contributed by atoms with E-state index in [1.54, 1.807) is 0 Å². The molecule has 0 radical (unpaired) electrons. The average Bonchev–Trinajstić information content (AvgIpc) is 2.51. The van der Waals surface area contributed by atoms with Crippen LogP contribution in [0.3, 0.4) is 0 Å². The Kier molecular flexibility index (Phi) is 5.64. The molecule has 0 bridgehead atoms. The first-order chi connectivity index (χ1) is 11.2. The third kappa shape index (κ3) is 4.35. The number of carbonyl (C=O) groups is 1. The molecule has 0 aliphatic carbocycles. The van der Waals surface area contributed by atoms with Crippen LogP contribution in [-0.2, 0) is 14.8 Å². The van der Waals surface area contributed by atoms with E-state index in [1.807, 2.05) is 32.0 Å². The Bertz CT molecular complexity index is 828. The molecule has 2 N–H and O–H groups in total. The fourth-order valence-electron chi connectivity index (χ4n) is 2.21. The molecule has 0 spiro atoms. The number of hydrogen-bond acceptors (Lipinski definition) is 3. The minimum absolute atomic E-state index is 0.0543. The second kappa shape index (κ2) is 7.34. The van der Waals surface area contributed by atoms with E-state index in [0.717, 1.165) is 11.1 Å². The molecule has 24 heavy (non-hydrogen) atoms. The van der Waals surface area contributed by atoms with Crippen molar-refractivity contribution in [3.63, 3.8) is 0 Å². The molecule has 2 rings (SSSR count). The van der Waals surface area contributed by atoms with E-state index in [1.165, 1.54) is 31.2 Å². The van der Waals surface area contributed by atoms with Crippen molar-refractivity contribution in [1.82, 2.24) is 4.72 Å². The molecule has 0 aromatic heterocycles. The van der Waals surface area contributed by atoms with Gasteiger partial charge in [0.05, 0.1) is 10.9 Å². The van der Waals surface area contributed by atoms with Crippen LogP contribution in [0.1, 0.15) is 18.1 Å². The van der Waals surface area contributed by atoms with Crippen LogP contribution in [0.5, 0.6) is 0 Å². The number of anilines is 1. The normalized spacial score (nSPS) is 12.7. The number of aryl methyl sites for hydroxylation is 2. The van der Waals surface area contributed by atoms with Gasteiger partial charge in [0.25, 0.3) is 0 Å². The highest BCUT2D eigenvalue weighted by Gasteiger charge is 2.22.